The number of rotatable bonds is 4. The zero-order valence-corrected chi connectivity index (χ0v) is 11.5. The average molecular weight is 281 g/mol. The molecule has 0 saturated heterocycles. The first kappa shape index (κ1) is 14.5. The van der Waals surface area contributed by atoms with E-state index in [0.717, 1.165) is 11.1 Å². The van der Waals surface area contributed by atoms with Gasteiger partial charge in [0.15, 0.2) is 5.78 Å². The zero-order valence-electron chi connectivity index (χ0n) is 11.5. The molecule has 0 aromatic heterocycles. The minimum Gasteiger partial charge on any atom is -0.507 e. The normalized spacial score (nSPS) is 10.7. The Morgan fingerprint density at radius 2 is 1.90 bits per heavy atom. The van der Waals surface area contributed by atoms with E-state index in [-0.39, 0.29) is 17.1 Å². The van der Waals surface area contributed by atoms with Crippen LogP contribution in [0.2, 0.25) is 0 Å². The summed E-state index contributed by atoms with van der Waals surface area (Å²) in [6, 6.07) is 11.8. The first-order chi connectivity index (χ1) is 9.97. The molecule has 2 aromatic carbocycles. The summed E-state index contributed by atoms with van der Waals surface area (Å²) in [7, 11) is 0. The van der Waals surface area contributed by atoms with E-state index in [4.69, 9.17) is 5.73 Å². The topological polar surface area (TPSA) is 80.4 Å². The number of phenols is 1. The fourth-order valence-electron chi connectivity index (χ4n) is 1.93. The molecule has 0 fully saturated rings. The standard InChI is InChI=1S/C17H15NO3/c1-11-3-2-4-12(9-11)5-7-15(19)13-6-8-16(20)14(10-13)17(18)21/h2-10,20H,1H3,(H2,18,21). The van der Waals surface area contributed by atoms with Crippen LogP contribution in [0.5, 0.6) is 5.75 Å². The zero-order chi connectivity index (χ0) is 15.4. The van der Waals surface area contributed by atoms with Gasteiger partial charge in [0.2, 0.25) is 0 Å². The monoisotopic (exact) mass is 281 g/mol. The third-order valence-corrected chi connectivity index (χ3v) is 3.02. The van der Waals surface area contributed by atoms with E-state index in [9.17, 15) is 14.7 Å². The maximum atomic E-state index is 12.1. The summed E-state index contributed by atoms with van der Waals surface area (Å²) in [6.07, 6.45) is 3.12. The van der Waals surface area contributed by atoms with Crippen LogP contribution in [-0.4, -0.2) is 16.8 Å². The van der Waals surface area contributed by atoms with Crippen LogP contribution in [0.15, 0.2) is 48.5 Å². The Hall–Kier alpha value is -2.88. The van der Waals surface area contributed by atoms with Crippen LogP contribution in [0.25, 0.3) is 6.08 Å². The highest BCUT2D eigenvalue weighted by Crippen LogP contribution is 2.18. The lowest BCUT2D eigenvalue weighted by atomic mass is 10.0. The van der Waals surface area contributed by atoms with Crippen molar-refractivity contribution in [2.24, 2.45) is 5.73 Å². The number of carbonyl (C=O) groups is 2. The molecule has 0 bridgehead atoms. The minimum atomic E-state index is -0.773. The Balaban J connectivity index is 2.25. The number of amides is 1. The SMILES string of the molecule is Cc1cccc(C=CC(=O)c2ccc(O)c(C(N)=O)c2)c1. The van der Waals surface area contributed by atoms with E-state index in [0.29, 0.717) is 5.56 Å². The summed E-state index contributed by atoms with van der Waals surface area (Å²) in [5.74, 6) is -1.27. The maximum Gasteiger partial charge on any atom is 0.252 e. The van der Waals surface area contributed by atoms with Crippen molar-refractivity contribution in [3.05, 3.63) is 70.8 Å². The van der Waals surface area contributed by atoms with Gasteiger partial charge in [-0.2, -0.15) is 0 Å². The number of ketones is 1. The lowest BCUT2D eigenvalue weighted by molar-refractivity contribution is 0.0997. The predicted molar refractivity (Wildman–Crippen MR) is 81.2 cm³/mol. The first-order valence-corrected chi connectivity index (χ1v) is 6.39. The second-order valence-electron chi connectivity index (χ2n) is 4.71. The molecule has 0 spiro atoms. The van der Waals surface area contributed by atoms with Gasteiger partial charge in [-0.1, -0.05) is 35.9 Å². The van der Waals surface area contributed by atoms with Crippen molar-refractivity contribution in [3.8, 4) is 5.75 Å². The number of hydrogen-bond acceptors (Lipinski definition) is 3. The van der Waals surface area contributed by atoms with Crippen molar-refractivity contribution in [1.82, 2.24) is 0 Å². The lowest BCUT2D eigenvalue weighted by Crippen LogP contribution is -2.12. The quantitative estimate of drug-likeness (QED) is 0.668. The minimum absolute atomic E-state index is 0.0650. The lowest BCUT2D eigenvalue weighted by Gasteiger charge is -2.02. The number of aromatic hydroxyl groups is 1. The van der Waals surface area contributed by atoms with Crippen molar-refractivity contribution < 1.29 is 14.7 Å². The van der Waals surface area contributed by atoms with Crippen molar-refractivity contribution >= 4 is 17.8 Å². The fraction of sp³-hybridized carbons (Fsp3) is 0.0588. The van der Waals surface area contributed by atoms with Gasteiger partial charge in [-0.25, -0.2) is 0 Å². The van der Waals surface area contributed by atoms with Crippen molar-refractivity contribution in [2.45, 2.75) is 6.92 Å². The number of hydrogen-bond donors (Lipinski definition) is 2. The van der Waals surface area contributed by atoms with Gasteiger partial charge in [0.1, 0.15) is 5.75 Å². The summed E-state index contributed by atoms with van der Waals surface area (Å²) in [5.41, 5.74) is 7.39. The number of nitrogens with two attached hydrogens (primary N) is 1. The Bertz CT molecular complexity index is 733. The summed E-state index contributed by atoms with van der Waals surface area (Å²) in [6.45, 7) is 1.97. The molecule has 106 valence electrons. The second kappa shape index (κ2) is 6.05. The molecule has 21 heavy (non-hydrogen) atoms. The largest absolute Gasteiger partial charge is 0.507 e. The van der Waals surface area contributed by atoms with Gasteiger partial charge in [-0.3, -0.25) is 9.59 Å². The summed E-state index contributed by atoms with van der Waals surface area (Å²) < 4.78 is 0. The Morgan fingerprint density at radius 1 is 1.14 bits per heavy atom. The molecule has 0 saturated carbocycles. The number of benzene rings is 2. The maximum absolute atomic E-state index is 12.1. The van der Waals surface area contributed by atoms with E-state index >= 15 is 0 Å². The third kappa shape index (κ3) is 3.57. The fourth-order valence-corrected chi connectivity index (χ4v) is 1.93. The molecular weight excluding hydrogens is 266 g/mol. The third-order valence-electron chi connectivity index (χ3n) is 3.02. The smallest absolute Gasteiger partial charge is 0.252 e. The molecule has 0 atom stereocenters. The average Bonchev–Trinajstić information content (AvgIpc) is 2.45. The second-order valence-corrected chi connectivity index (χ2v) is 4.71. The molecule has 1 amide bonds. The number of carbonyl (C=O) groups excluding carboxylic acids is 2. The molecule has 3 N–H and O–H groups in total. The first-order valence-electron chi connectivity index (χ1n) is 6.39. The molecule has 0 radical (unpaired) electrons. The van der Waals surface area contributed by atoms with E-state index in [1.807, 2.05) is 31.2 Å². The van der Waals surface area contributed by atoms with Gasteiger partial charge in [-0.15, -0.1) is 0 Å². The Labute approximate surface area is 122 Å². The molecule has 0 unspecified atom stereocenters. The van der Waals surface area contributed by atoms with E-state index in [1.54, 1.807) is 6.08 Å². The van der Waals surface area contributed by atoms with Crippen LogP contribution in [0.1, 0.15) is 31.8 Å². The Morgan fingerprint density at radius 3 is 2.57 bits per heavy atom. The van der Waals surface area contributed by atoms with Gasteiger partial charge in [0, 0.05) is 5.56 Å². The summed E-state index contributed by atoms with van der Waals surface area (Å²) in [5, 5.41) is 9.50. The van der Waals surface area contributed by atoms with Crippen molar-refractivity contribution in [1.29, 1.82) is 0 Å². The van der Waals surface area contributed by atoms with E-state index < -0.39 is 5.91 Å². The molecule has 0 heterocycles. The highest BCUT2D eigenvalue weighted by molar-refractivity contribution is 6.08. The molecule has 4 heteroatoms. The van der Waals surface area contributed by atoms with Crippen LogP contribution < -0.4 is 5.73 Å². The van der Waals surface area contributed by atoms with Gasteiger partial charge in [0.25, 0.3) is 5.91 Å². The highest BCUT2D eigenvalue weighted by Gasteiger charge is 2.11. The van der Waals surface area contributed by atoms with Gasteiger partial charge >= 0.3 is 0 Å². The molecule has 2 rings (SSSR count). The van der Waals surface area contributed by atoms with Crippen LogP contribution >= 0.6 is 0 Å². The van der Waals surface area contributed by atoms with Gasteiger partial charge < -0.3 is 10.8 Å². The summed E-state index contributed by atoms with van der Waals surface area (Å²) >= 11 is 0. The number of allylic oxidation sites excluding steroid dienone is 1. The molecule has 0 aliphatic carbocycles. The van der Waals surface area contributed by atoms with Gasteiger partial charge in [-0.05, 0) is 36.8 Å². The van der Waals surface area contributed by atoms with E-state index in [1.165, 1.54) is 24.3 Å². The predicted octanol–water partition coefficient (Wildman–Crippen LogP) is 2.70. The molecular formula is C17H15NO3. The Kier molecular flexibility index (Phi) is 4.18. The van der Waals surface area contributed by atoms with Gasteiger partial charge in [0.05, 0.1) is 5.56 Å². The summed E-state index contributed by atoms with van der Waals surface area (Å²) in [4.78, 5) is 23.2. The molecule has 2 aromatic rings. The van der Waals surface area contributed by atoms with Crippen LogP contribution in [-0.2, 0) is 0 Å². The molecule has 0 aliphatic rings. The van der Waals surface area contributed by atoms with Crippen LogP contribution in [0.3, 0.4) is 0 Å². The molecule has 0 aliphatic heterocycles. The van der Waals surface area contributed by atoms with Crippen LogP contribution in [0, 0.1) is 6.92 Å². The number of primary amides is 1. The van der Waals surface area contributed by atoms with Crippen molar-refractivity contribution in [2.75, 3.05) is 0 Å². The van der Waals surface area contributed by atoms with E-state index in [2.05, 4.69) is 0 Å². The van der Waals surface area contributed by atoms with Crippen molar-refractivity contribution in [3.63, 3.8) is 0 Å². The van der Waals surface area contributed by atoms with Crippen LogP contribution in [0.4, 0.5) is 0 Å². The highest BCUT2D eigenvalue weighted by atomic mass is 16.3. The number of aryl methyl sites for hydroxylation is 1. The molecule has 4 nitrogen and oxygen atoms in total.